The molecule has 0 aliphatic heterocycles. The van der Waals surface area contributed by atoms with E-state index in [0.29, 0.717) is 114 Å². The Bertz CT molecular complexity index is 2510. The van der Waals surface area contributed by atoms with Crippen LogP contribution in [0.1, 0.15) is 131 Å². The average molecular weight is 1850 g/mol. The van der Waals surface area contributed by atoms with Gasteiger partial charge in [0.15, 0.2) is 0 Å². The lowest BCUT2D eigenvalue weighted by Gasteiger charge is -2.29. The zero-order valence-electron chi connectivity index (χ0n) is 68.6. The van der Waals surface area contributed by atoms with Crippen molar-refractivity contribution in [3.05, 3.63) is 12.7 Å². The van der Waals surface area contributed by atoms with Crippen molar-refractivity contribution in [3.63, 3.8) is 0 Å². The van der Waals surface area contributed by atoms with Crippen LogP contribution in [0.2, 0.25) is 0 Å². The molecule has 704 valence electrons. The van der Waals surface area contributed by atoms with Gasteiger partial charge in [0.05, 0.1) is 138 Å². The van der Waals surface area contributed by atoms with Gasteiger partial charge in [-0.25, -0.2) is 0 Å². The highest BCUT2D eigenvalue weighted by Gasteiger charge is 2.59. The normalized spacial score (nSPS) is 14.6. The van der Waals surface area contributed by atoms with Crippen molar-refractivity contribution in [1.29, 1.82) is 0 Å². The number of aliphatic hydroxyl groups is 11. The van der Waals surface area contributed by atoms with Crippen molar-refractivity contribution in [2.75, 3.05) is 194 Å². The second kappa shape index (κ2) is 77.4. The Hall–Kier alpha value is -0.960. The zero-order valence-corrected chi connectivity index (χ0v) is 74.7. The van der Waals surface area contributed by atoms with E-state index in [1.807, 2.05) is 0 Å². The minimum Gasteiger partial charge on any atom is -0.481 e. The number of carbonyl (C=O) groups is 3. The Morgan fingerprint density at radius 1 is 0.402 bits per heavy atom. The lowest BCUT2D eigenvalue weighted by molar-refractivity contribution is -0.137. The number of nitrogens with two attached hydrogens (primary N) is 1. The number of carbonyl (C=O) groups excluding carboxylic acids is 1. The summed E-state index contributed by atoms with van der Waals surface area (Å²) < 4.78 is 111. The lowest BCUT2D eigenvalue weighted by Crippen LogP contribution is -2.34. The molecular weight excluding hydrogens is 1700 g/mol. The summed E-state index contributed by atoms with van der Waals surface area (Å²) in [6.45, 7) is 19.4. The van der Waals surface area contributed by atoms with E-state index in [9.17, 15) is 73.5 Å². The molecule has 0 aromatic rings. The van der Waals surface area contributed by atoms with E-state index < -0.39 is 121 Å². The van der Waals surface area contributed by atoms with Crippen molar-refractivity contribution in [1.82, 2.24) is 0 Å². The topological polar surface area (TPSA) is 681 Å². The van der Waals surface area contributed by atoms with E-state index in [1.165, 1.54) is 0 Å². The molecule has 0 saturated carbocycles. The maximum atomic E-state index is 12.1. The predicted molar refractivity (Wildman–Crippen MR) is 439 cm³/mol. The fourth-order valence-corrected chi connectivity index (χ4v) is 14.5. The zero-order chi connectivity index (χ0) is 90.4. The number of aliphatic carboxylic acids is 2. The molecule has 0 amide bonds. The maximum Gasteiger partial charge on any atom is 0.369 e. The second-order valence-corrected chi connectivity index (χ2v) is 38.5. The Labute approximate surface area is 702 Å². The molecule has 0 rings (SSSR count). The number of rotatable bonds is 75. The van der Waals surface area contributed by atoms with Crippen molar-refractivity contribution in [2.45, 2.75) is 197 Å². The number of carboxylic acid groups (broad SMARTS) is 2. The average Bonchev–Trinajstić information content (AvgIpc) is 0.783. The van der Waals surface area contributed by atoms with Gasteiger partial charge < -0.3 is 168 Å². The summed E-state index contributed by atoms with van der Waals surface area (Å²) in [6.07, 6.45) is -0.945. The molecule has 48 heteroatoms. The fourth-order valence-electron chi connectivity index (χ4n) is 8.08. The first kappa shape index (κ1) is 125. The van der Waals surface area contributed by atoms with E-state index in [2.05, 4.69) is 60.8 Å². The number of thioether (sulfide) groups is 2. The highest BCUT2D eigenvalue weighted by atomic mass is 32.2. The fraction of sp³-hybridized carbons (Fsp3) is 0.928. The van der Waals surface area contributed by atoms with Crippen LogP contribution in [0.15, 0.2) is 12.7 Å². The first-order chi connectivity index (χ1) is 54.8. The lowest BCUT2D eigenvalue weighted by atomic mass is 10.1. The van der Waals surface area contributed by atoms with Crippen LogP contribution in [0, 0.1) is 17.8 Å². The van der Waals surface area contributed by atoms with Gasteiger partial charge in [-0.05, 0) is 93.6 Å². The van der Waals surface area contributed by atoms with Gasteiger partial charge in [0.2, 0.25) is 0 Å². The van der Waals surface area contributed by atoms with Crippen molar-refractivity contribution < 1.29 is 195 Å². The van der Waals surface area contributed by atoms with Gasteiger partial charge in [-0.15, -0.1) is 6.58 Å². The van der Waals surface area contributed by atoms with Gasteiger partial charge in [0.1, 0.15) is 60.7 Å². The number of carboxylic acids is 2. The second-order valence-electron chi connectivity index (χ2n) is 27.6. The summed E-state index contributed by atoms with van der Waals surface area (Å²) in [5, 5.41) is 111. The van der Waals surface area contributed by atoms with Crippen LogP contribution < -0.4 is 5.73 Å². The molecule has 23 N–H and O–H groups in total. The van der Waals surface area contributed by atoms with Crippen LogP contribution in [0.5, 0.6) is 0 Å². The predicted octanol–water partition coefficient (Wildman–Crippen LogP) is 1.09. The molecular formula is C69H145NO40P4S3. The van der Waals surface area contributed by atoms with Crippen molar-refractivity contribution in [3.8, 4) is 0 Å². The number of thiol groups is 1. The summed E-state index contributed by atoms with van der Waals surface area (Å²) in [5.74, 6) is 3.07. The highest BCUT2D eigenvalue weighted by Crippen LogP contribution is 2.70. The smallest absolute Gasteiger partial charge is 0.369 e. The molecule has 0 fully saturated rings. The number of hydrogen-bond donors (Lipinski definition) is 23. The molecule has 41 nitrogen and oxygen atoms in total. The van der Waals surface area contributed by atoms with E-state index >= 15 is 0 Å². The van der Waals surface area contributed by atoms with Gasteiger partial charge in [-0.2, -0.15) is 36.2 Å². The summed E-state index contributed by atoms with van der Waals surface area (Å²) in [5.41, 5.74) is 5.01. The van der Waals surface area contributed by atoms with Crippen LogP contribution >= 0.6 is 66.5 Å². The number of Topliss-reactive ketones (excluding diaryl/α,β-unsaturated/α-hetero) is 1. The molecule has 9 atom stereocenters. The third kappa shape index (κ3) is 73.9. The van der Waals surface area contributed by atoms with Gasteiger partial charge in [-0.1, -0.05) is 47.6 Å². The van der Waals surface area contributed by atoms with Gasteiger partial charge >= 0.3 is 42.3 Å². The van der Waals surface area contributed by atoms with Gasteiger partial charge in [0, 0.05) is 69.6 Å². The van der Waals surface area contributed by atoms with Crippen LogP contribution in [0.4, 0.5) is 0 Å². The summed E-state index contributed by atoms with van der Waals surface area (Å²) in [7, 11) is -21.6. The molecule has 0 heterocycles. The maximum absolute atomic E-state index is 12.1. The van der Waals surface area contributed by atoms with Gasteiger partial charge in [0.25, 0.3) is 10.2 Å². The van der Waals surface area contributed by atoms with E-state index in [4.69, 9.17) is 127 Å². The molecule has 0 aliphatic rings. The quantitative estimate of drug-likeness (QED) is 0.0175. The summed E-state index contributed by atoms with van der Waals surface area (Å²) >= 11 is 6.82. The summed E-state index contributed by atoms with van der Waals surface area (Å²) in [4.78, 5) is 103. The third-order valence-electron chi connectivity index (χ3n) is 15.2. The van der Waals surface area contributed by atoms with Crippen molar-refractivity contribution in [2.24, 2.45) is 23.5 Å². The van der Waals surface area contributed by atoms with E-state index in [-0.39, 0.29) is 142 Å². The number of hydrogen-bond acceptors (Lipinski definition) is 34. The standard InChI is InChI=1S/C25H52O15P2S.C20H40O9S.C17H34O7.C4H13NO7P2.C3H6O2S/c1-20(2)7-11-38-18-24(40-19-23(15-27)39-16-22(29)14-26)17-37-10-5-12-43-13-8-21(28)6-3-4-9-25(30,41(31,32)33)42(34,35)36;1-16(2)4-7-27-14-19(13-26-6-3-8-30-9-5-20(24)25)29-15-18(11-22)28-12-17(23)10-21;1-4-6-21-11-17(12-22-7-5-14(2)3)24-13-16(9-19)23-10-15(20)8-18;5-3-1-2-4(6,13(7,8)9)14(10,11)12;4-3(5)1-2-6/h20,22-24,26-27,29-30H,3-19H2,1-2H3,(H2,31,32,33)(H2,34,35,36);16-19,21-23H,3-15H2,1-2H3,(H,24,25);4,14-20H,1,5-13H2,2-3H3;6H,1-3,5H2,(H2,7,8,9)(H2,10,11,12);6H,1-2H2,(H,4,5). The van der Waals surface area contributed by atoms with Crippen LogP contribution in [-0.4, -0.2) is 382 Å². The molecule has 0 bridgehead atoms. The van der Waals surface area contributed by atoms with Crippen LogP contribution in [0.3, 0.4) is 0 Å². The monoisotopic (exact) mass is 1850 g/mol. The molecule has 0 aromatic heterocycles. The molecule has 0 aromatic carbocycles. The Morgan fingerprint density at radius 3 is 0.966 bits per heavy atom. The van der Waals surface area contributed by atoms with Gasteiger partial charge in [-0.3, -0.25) is 32.6 Å². The first-order valence-corrected chi connectivity index (χ1v) is 47.8. The van der Waals surface area contributed by atoms with E-state index in [1.54, 1.807) is 29.6 Å². The molecule has 0 saturated heterocycles. The first-order valence-electron chi connectivity index (χ1n) is 38.4. The number of ether oxygens (including phenoxy) is 12. The van der Waals surface area contributed by atoms with Crippen LogP contribution in [-0.2, 0) is 89.5 Å². The minimum absolute atomic E-state index is 0.0394. The molecule has 9 unspecified atom stereocenters. The van der Waals surface area contributed by atoms with E-state index in [0.717, 1.165) is 37.2 Å². The number of aliphatic hydroxyl groups excluding tert-OH is 9. The Morgan fingerprint density at radius 2 is 0.701 bits per heavy atom. The SMILES string of the molecule is C=CCOCC(COCCC(C)C)OCC(CO)OCC(O)CO.CC(C)CCOCC(COCCCSCCC(=O)CCCCC(O)(P(=O)(O)O)P(=O)(O)O)OCC(CO)OCC(O)CO.CC(C)CCOCC(COCCCSCCC(=O)O)OCC(CO)OCC(O)CO.NCCCC(O)(P(=O)(O)O)P(=O)(O)O.O=C(O)CCS. The number of unbranched alkanes of at least 4 members (excludes halogenated alkanes) is 1. The largest absolute Gasteiger partial charge is 0.481 e. The molecule has 0 spiro atoms. The summed E-state index contributed by atoms with van der Waals surface area (Å²) in [6, 6.07) is 0. The third-order valence-corrected chi connectivity index (χ3v) is 25.3. The molecule has 0 aliphatic carbocycles. The Kier molecular flexibility index (Phi) is 82.4. The number of ketones is 1. The Balaban J connectivity index is -0.000000493. The minimum atomic E-state index is -5.49. The van der Waals surface area contributed by atoms with Crippen molar-refractivity contribution >= 4 is 84.3 Å². The van der Waals surface area contributed by atoms with Crippen LogP contribution in [0.25, 0.3) is 0 Å². The highest BCUT2D eigenvalue weighted by molar-refractivity contribution is 7.99. The molecule has 117 heavy (non-hydrogen) atoms. The molecule has 0 radical (unpaired) electrons.